The second-order valence-electron chi connectivity index (χ2n) is 4.99. The van der Waals surface area contributed by atoms with Crippen molar-refractivity contribution in [2.24, 2.45) is 5.41 Å². The van der Waals surface area contributed by atoms with Gasteiger partial charge in [0.05, 0.1) is 11.5 Å². The number of hydrogen-bond donors (Lipinski definition) is 2. The molecule has 1 fully saturated rings. The highest BCUT2D eigenvalue weighted by Gasteiger charge is 2.33. The van der Waals surface area contributed by atoms with Gasteiger partial charge in [-0.1, -0.05) is 25.0 Å². The summed E-state index contributed by atoms with van der Waals surface area (Å²) in [4.78, 5) is 10.5. The molecule has 0 radical (unpaired) electrons. The highest BCUT2D eigenvalue weighted by Crippen LogP contribution is 2.38. The zero-order valence-electron chi connectivity index (χ0n) is 10.3. The number of aliphatic hydroxyl groups is 1. The van der Waals surface area contributed by atoms with Gasteiger partial charge in [0.2, 0.25) is 0 Å². The van der Waals surface area contributed by atoms with E-state index in [1.807, 2.05) is 0 Å². The molecular formula is C13H18N2O3. The molecule has 0 saturated heterocycles. The van der Waals surface area contributed by atoms with E-state index < -0.39 is 0 Å². The first-order chi connectivity index (χ1) is 8.67. The Hall–Kier alpha value is -1.62. The summed E-state index contributed by atoms with van der Waals surface area (Å²) in [5, 5.41) is 23.5. The quantitative estimate of drug-likeness (QED) is 0.622. The molecule has 0 aromatic heterocycles. The lowest BCUT2D eigenvalue weighted by molar-refractivity contribution is -0.384. The van der Waals surface area contributed by atoms with Gasteiger partial charge in [0.1, 0.15) is 5.69 Å². The first-order valence-corrected chi connectivity index (χ1v) is 6.25. The highest BCUT2D eigenvalue weighted by atomic mass is 16.6. The maximum atomic E-state index is 10.9. The lowest BCUT2D eigenvalue weighted by atomic mass is 9.87. The van der Waals surface area contributed by atoms with Gasteiger partial charge >= 0.3 is 0 Å². The first-order valence-electron chi connectivity index (χ1n) is 6.25. The topological polar surface area (TPSA) is 75.4 Å². The molecule has 1 aliphatic rings. The number of nitro benzene ring substituents is 1. The average Bonchev–Trinajstić information content (AvgIpc) is 2.86. The predicted octanol–water partition coefficient (Wildman–Crippen LogP) is 2.56. The Balaban J connectivity index is 2.08. The molecule has 5 nitrogen and oxygen atoms in total. The summed E-state index contributed by atoms with van der Waals surface area (Å²) >= 11 is 0. The van der Waals surface area contributed by atoms with Crippen molar-refractivity contribution in [3.8, 4) is 0 Å². The van der Waals surface area contributed by atoms with E-state index >= 15 is 0 Å². The minimum absolute atomic E-state index is 0.0867. The van der Waals surface area contributed by atoms with Gasteiger partial charge in [0, 0.05) is 18.0 Å². The van der Waals surface area contributed by atoms with Crippen molar-refractivity contribution >= 4 is 11.4 Å². The van der Waals surface area contributed by atoms with Crippen LogP contribution in [0.3, 0.4) is 0 Å². The average molecular weight is 250 g/mol. The van der Waals surface area contributed by atoms with E-state index in [9.17, 15) is 15.2 Å². The number of anilines is 1. The number of hydrogen-bond acceptors (Lipinski definition) is 4. The minimum Gasteiger partial charge on any atom is -0.396 e. The van der Waals surface area contributed by atoms with E-state index in [1.165, 1.54) is 6.07 Å². The maximum Gasteiger partial charge on any atom is 0.292 e. The third-order valence-electron chi connectivity index (χ3n) is 3.75. The summed E-state index contributed by atoms with van der Waals surface area (Å²) in [5.41, 5.74) is 0.509. The van der Waals surface area contributed by atoms with Crippen LogP contribution in [0.4, 0.5) is 11.4 Å². The summed E-state index contributed by atoms with van der Waals surface area (Å²) in [6, 6.07) is 6.62. The molecule has 1 aliphatic carbocycles. The third-order valence-corrected chi connectivity index (χ3v) is 3.75. The Bertz CT molecular complexity index is 428. The van der Waals surface area contributed by atoms with Crippen molar-refractivity contribution < 1.29 is 10.0 Å². The smallest absolute Gasteiger partial charge is 0.292 e. The molecule has 0 atom stereocenters. The van der Waals surface area contributed by atoms with Crippen molar-refractivity contribution in [1.29, 1.82) is 0 Å². The monoisotopic (exact) mass is 250 g/mol. The van der Waals surface area contributed by atoms with Gasteiger partial charge in [-0.15, -0.1) is 0 Å². The predicted molar refractivity (Wildman–Crippen MR) is 69.6 cm³/mol. The number of rotatable bonds is 5. The molecule has 0 bridgehead atoms. The van der Waals surface area contributed by atoms with Crippen molar-refractivity contribution in [1.82, 2.24) is 0 Å². The van der Waals surface area contributed by atoms with Crippen LogP contribution in [0.1, 0.15) is 25.7 Å². The molecule has 5 heteroatoms. The third kappa shape index (κ3) is 2.61. The van der Waals surface area contributed by atoms with Crippen LogP contribution >= 0.6 is 0 Å². The van der Waals surface area contributed by atoms with Crippen LogP contribution in [0.25, 0.3) is 0 Å². The van der Waals surface area contributed by atoms with E-state index in [1.54, 1.807) is 18.2 Å². The van der Waals surface area contributed by atoms with E-state index in [4.69, 9.17) is 0 Å². The molecule has 0 heterocycles. The number of nitrogens with one attached hydrogen (secondary N) is 1. The fourth-order valence-electron chi connectivity index (χ4n) is 2.58. The van der Waals surface area contributed by atoms with Crippen LogP contribution in [0.2, 0.25) is 0 Å². The normalized spacial score (nSPS) is 17.6. The summed E-state index contributed by atoms with van der Waals surface area (Å²) in [7, 11) is 0. The first kappa shape index (κ1) is 12.8. The van der Waals surface area contributed by atoms with Gasteiger partial charge < -0.3 is 10.4 Å². The molecule has 1 aromatic rings. The van der Waals surface area contributed by atoms with Crippen LogP contribution in [0, 0.1) is 15.5 Å². The SMILES string of the molecule is O=[N+]([O-])c1ccccc1NCC1(CO)CCCC1. The van der Waals surface area contributed by atoms with Crippen LogP contribution in [0.15, 0.2) is 24.3 Å². The molecule has 98 valence electrons. The second kappa shape index (κ2) is 5.35. The molecule has 0 amide bonds. The van der Waals surface area contributed by atoms with Crippen LogP contribution in [-0.2, 0) is 0 Å². The molecule has 1 aromatic carbocycles. The number of benzene rings is 1. The summed E-state index contributed by atoms with van der Waals surface area (Å²) in [5.74, 6) is 0. The fourth-order valence-corrected chi connectivity index (χ4v) is 2.58. The van der Waals surface area contributed by atoms with Crippen molar-refractivity contribution in [3.63, 3.8) is 0 Å². The summed E-state index contributed by atoms with van der Waals surface area (Å²) < 4.78 is 0. The molecule has 0 spiro atoms. The van der Waals surface area contributed by atoms with Crippen LogP contribution < -0.4 is 5.32 Å². The largest absolute Gasteiger partial charge is 0.396 e. The Kier molecular flexibility index (Phi) is 3.81. The van der Waals surface area contributed by atoms with Gasteiger partial charge in [-0.05, 0) is 18.9 Å². The summed E-state index contributed by atoms with van der Waals surface area (Å²) in [6.45, 7) is 0.731. The lowest BCUT2D eigenvalue weighted by Gasteiger charge is -2.27. The molecular weight excluding hydrogens is 232 g/mol. The number of nitrogens with zero attached hydrogens (tertiary/aromatic N) is 1. The number of nitro groups is 1. The van der Waals surface area contributed by atoms with Crippen molar-refractivity contribution in [2.45, 2.75) is 25.7 Å². The summed E-state index contributed by atoms with van der Waals surface area (Å²) in [6.07, 6.45) is 4.21. The van der Waals surface area contributed by atoms with E-state index in [0.29, 0.717) is 12.2 Å². The van der Waals surface area contributed by atoms with Gasteiger partial charge in [-0.3, -0.25) is 10.1 Å². The standard InChI is InChI=1S/C13H18N2O3/c16-10-13(7-3-4-8-13)9-14-11-5-1-2-6-12(11)15(17)18/h1-2,5-6,14,16H,3-4,7-10H2. The zero-order valence-corrected chi connectivity index (χ0v) is 10.3. The molecule has 2 N–H and O–H groups in total. The van der Waals surface area contributed by atoms with Crippen molar-refractivity contribution in [3.05, 3.63) is 34.4 Å². The Morgan fingerprint density at radius 2 is 2.00 bits per heavy atom. The Morgan fingerprint density at radius 1 is 1.33 bits per heavy atom. The highest BCUT2D eigenvalue weighted by molar-refractivity contribution is 5.61. The molecule has 0 aliphatic heterocycles. The van der Waals surface area contributed by atoms with E-state index in [2.05, 4.69) is 5.32 Å². The van der Waals surface area contributed by atoms with E-state index in [0.717, 1.165) is 25.7 Å². The number of para-hydroxylation sites is 2. The van der Waals surface area contributed by atoms with Gasteiger partial charge in [-0.2, -0.15) is 0 Å². The minimum atomic E-state index is -0.386. The molecule has 18 heavy (non-hydrogen) atoms. The van der Waals surface area contributed by atoms with Gasteiger partial charge in [-0.25, -0.2) is 0 Å². The van der Waals surface area contributed by atoms with Crippen LogP contribution in [0.5, 0.6) is 0 Å². The second-order valence-corrected chi connectivity index (χ2v) is 4.99. The Labute approximate surface area is 106 Å². The number of aliphatic hydroxyl groups excluding tert-OH is 1. The lowest BCUT2D eigenvalue weighted by Crippen LogP contribution is -2.30. The van der Waals surface area contributed by atoms with Crippen LogP contribution in [-0.4, -0.2) is 23.2 Å². The zero-order chi connectivity index (χ0) is 13.0. The Morgan fingerprint density at radius 3 is 2.61 bits per heavy atom. The van der Waals surface area contributed by atoms with E-state index in [-0.39, 0.29) is 22.6 Å². The molecule has 0 unspecified atom stereocenters. The van der Waals surface area contributed by atoms with Gasteiger partial charge in [0.25, 0.3) is 5.69 Å². The maximum absolute atomic E-state index is 10.9. The molecule has 1 saturated carbocycles. The van der Waals surface area contributed by atoms with Crippen molar-refractivity contribution in [2.75, 3.05) is 18.5 Å². The molecule has 2 rings (SSSR count). The van der Waals surface area contributed by atoms with Gasteiger partial charge in [0.15, 0.2) is 0 Å². The fraction of sp³-hybridized carbons (Fsp3) is 0.538.